The van der Waals surface area contributed by atoms with Gasteiger partial charge in [0, 0.05) is 6.54 Å². The fourth-order valence-corrected chi connectivity index (χ4v) is 2.03. The van der Waals surface area contributed by atoms with Gasteiger partial charge in [0.25, 0.3) is 0 Å². The van der Waals surface area contributed by atoms with Gasteiger partial charge in [-0.2, -0.15) is 0 Å². The van der Waals surface area contributed by atoms with Gasteiger partial charge in [-0.25, -0.2) is 4.39 Å². The van der Waals surface area contributed by atoms with Crippen LogP contribution < -0.4 is 4.90 Å². The van der Waals surface area contributed by atoms with Gasteiger partial charge >= 0.3 is 5.97 Å². The zero-order valence-electron chi connectivity index (χ0n) is 10.6. The molecule has 0 aromatic heterocycles. The number of benzene rings is 1. The third-order valence-corrected chi connectivity index (χ3v) is 3.00. The van der Waals surface area contributed by atoms with Gasteiger partial charge in [-0.15, -0.1) is 0 Å². The molecule has 1 saturated heterocycles. The molecule has 1 aromatic rings. The highest BCUT2D eigenvalue weighted by molar-refractivity contribution is 6.03. The van der Waals surface area contributed by atoms with Gasteiger partial charge in [0.05, 0.1) is 25.2 Å². The molecule has 0 spiro atoms. The summed E-state index contributed by atoms with van der Waals surface area (Å²) in [5.41, 5.74) is 0.187. The van der Waals surface area contributed by atoms with Crippen LogP contribution in [-0.2, 0) is 14.4 Å². The van der Waals surface area contributed by atoms with Crippen molar-refractivity contribution in [2.75, 3.05) is 24.5 Å². The highest BCUT2D eigenvalue weighted by Gasteiger charge is 2.32. The van der Waals surface area contributed by atoms with E-state index in [0.717, 1.165) is 4.90 Å². The average molecular weight is 280 g/mol. The number of nitrogens with zero attached hydrogens (tertiary/aromatic N) is 2. The van der Waals surface area contributed by atoms with Crippen molar-refractivity contribution in [2.45, 2.75) is 6.42 Å². The SMILES string of the molecule is O=C(O)CCN1C(=O)CN(c2ccccc2F)CC1=O. The highest BCUT2D eigenvalue weighted by atomic mass is 19.1. The number of para-hydroxylation sites is 1. The molecule has 0 atom stereocenters. The molecule has 7 heteroatoms. The Kier molecular flexibility index (Phi) is 3.97. The molecule has 20 heavy (non-hydrogen) atoms. The second-order valence-electron chi connectivity index (χ2n) is 4.39. The van der Waals surface area contributed by atoms with Crippen LogP contribution >= 0.6 is 0 Å². The lowest BCUT2D eigenvalue weighted by molar-refractivity contribution is -0.146. The van der Waals surface area contributed by atoms with Gasteiger partial charge in [0.15, 0.2) is 0 Å². The summed E-state index contributed by atoms with van der Waals surface area (Å²) in [6.45, 7) is -0.448. The first-order valence-corrected chi connectivity index (χ1v) is 6.03. The summed E-state index contributed by atoms with van der Waals surface area (Å²) in [7, 11) is 0. The van der Waals surface area contributed by atoms with E-state index in [0.29, 0.717) is 0 Å². The molecule has 0 aliphatic carbocycles. The van der Waals surface area contributed by atoms with E-state index in [4.69, 9.17) is 5.11 Å². The van der Waals surface area contributed by atoms with Crippen LogP contribution in [0, 0.1) is 5.82 Å². The summed E-state index contributed by atoms with van der Waals surface area (Å²) in [5, 5.41) is 8.57. The van der Waals surface area contributed by atoms with Crippen LogP contribution in [0.25, 0.3) is 0 Å². The van der Waals surface area contributed by atoms with E-state index in [1.165, 1.54) is 23.1 Å². The molecule has 0 bridgehead atoms. The summed E-state index contributed by atoms with van der Waals surface area (Å²) in [5.74, 6) is -2.63. The van der Waals surface area contributed by atoms with E-state index in [1.807, 2.05) is 0 Å². The Morgan fingerprint density at radius 2 is 1.80 bits per heavy atom. The number of anilines is 1. The van der Waals surface area contributed by atoms with Crippen LogP contribution in [0.2, 0.25) is 0 Å². The Morgan fingerprint density at radius 1 is 1.20 bits per heavy atom. The Bertz CT molecular complexity index is 543. The monoisotopic (exact) mass is 280 g/mol. The van der Waals surface area contributed by atoms with E-state index < -0.39 is 23.6 Å². The van der Waals surface area contributed by atoms with Crippen molar-refractivity contribution >= 4 is 23.5 Å². The molecule has 2 rings (SSSR count). The number of carboxylic acids is 1. The first-order chi connectivity index (χ1) is 9.49. The van der Waals surface area contributed by atoms with Gasteiger partial charge in [-0.05, 0) is 12.1 Å². The second kappa shape index (κ2) is 5.68. The number of carbonyl (C=O) groups excluding carboxylic acids is 2. The van der Waals surface area contributed by atoms with Gasteiger partial charge in [-0.3, -0.25) is 19.3 Å². The van der Waals surface area contributed by atoms with Crippen LogP contribution in [0.3, 0.4) is 0 Å². The van der Waals surface area contributed by atoms with Gasteiger partial charge < -0.3 is 10.0 Å². The Balaban J connectivity index is 2.10. The van der Waals surface area contributed by atoms with E-state index in [1.54, 1.807) is 6.07 Å². The molecule has 2 amide bonds. The molecule has 0 saturated carbocycles. The van der Waals surface area contributed by atoms with Gasteiger partial charge in [0.2, 0.25) is 11.8 Å². The van der Waals surface area contributed by atoms with Crippen LogP contribution in [-0.4, -0.2) is 47.4 Å². The normalized spacial score (nSPS) is 15.7. The van der Waals surface area contributed by atoms with Crippen LogP contribution in [0.5, 0.6) is 0 Å². The minimum Gasteiger partial charge on any atom is -0.481 e. The van der Waals surface area contributed by atoms with E-state index in [-0.39, 0.29) is 31.7 Å². The average Bonchev–Trinajstić information content (AvgIpc) is 2.37. The summed E-state index contributed by atoms with van der Waals surface area (Å²) in [6, 6.07) is 5.87. The molecule has 6 nitrogen and oxygen atoms in total. The first kappa shape index (κ1) is 14.0. The van der Waals surface area contributed by atoms with Crippen molar-refractivity contribution in [3.8, 4) is 0 Å². The number of carboxylic acid groups (broad SMARTS) is 1. The Labute approximate surface area is 114 Å². The molecule has 1 fully saturated rings. The second-order valence-corrected chi connectivity index (χ2v) is 4.39. The molecular formula is C13H13FN2O4. The molecule has 1 heterocycles. The largest absolute Gasteiger partial charge is 0.481 e. The predicted octanol–water partition coefficient (Wildman–Crippen LogP) is 0.476. The first-order valence-electron chi connectivity index (χ1n) is 6.03. The molecule has 1 aliphatic heterocycles. The number of rotatable bonds is 4. The lowest BCUT2D eigenvalue weighted by atomic mass is 10.2. The molecule has 1 N–H and O–H groups in total. The van der Waals surface area contributed by atoms with E-state index in [2.05, 4.69) is 0 Å². The van der Waals surface area contributed by atoms with Crippen molar-refractivity contribution in [2.24, 2.45) is 0 Å². The third-order valence-electron chi connectivity index (χ3n) is 3.00. The van der Waals surface area contributed by atoms with E-state index in [9.17, 15) is 18.8 Å². The van der Waals surface area contributed by atoms with Crippen LogP contribution in [0.15, 0.2) is 24.3 Å². The molecular weight excluding hydrogens is 267 g/mol. The number of hydrogen-bond donors (Lipinski definition) is 1. The lowest BCUT2D eigenvalue weighted by Gasteiger charge is -2.33. The topological polar surface area (TPSA) is 77.9 Å². The summed E-state index contributed by atoms with van der Waals surface area (Å²) >= 11 is 0. The minimum atomic E-state index is -1.08. The van der Waals surface area contributed by atoms with Crippen molar-refractivity contribution in [3.63, 3.8) is 0 Å². The zero-order valence-corrected chi connectivity index (χ0v) is 10.6. The summed E-state index contributed by atoms with van der Waals surface area (Å²) in [6.07, 6.45) is -0.294. The number of hydrogen-bond acceptors (Lipinski definition) is 4. The van der Waals surface area contributed by atoms with E-state index >= 15 is 0 Å². The summed E-state index contributed by atoms with van der Waals surface area (Å²) in [4.78, 5) is 36.4. The fourth-order valence-electron chi connectivity index (χ4n) is 2.03. The van der Waals surface area contributed by atoms with Crippen LogP contribution in [0.1, 0.15) is 6.42 Å². The molecule has 106 valence electrons. The van der Waals surface area contributed by atoms with Crippen LogP contribution in [0.4, 0.5) is 10.1 Å². The number of imide groups is 1. The lowest BCUT2D eigenvalue weighted by Crippen LogP contribution is -2.54. The maximum Gasteiger partial charge on any atom is 0.305 e. The molecule has 0 unspecified atom stereocenters. The minimum absolute atomic E-state index is 0.147. The Hall–Kier alpha value is -2.44. The molecule has 0 radical (unpaired) electrons. The number of aliphatic carboxylic acids is 1. The molecule has 1 aliphatic rings. The maximum atomic E-state index is 13.6. The maximum absolute atomic E-state index is 13.6. The third kappa shape index (κ3) is 2.93. The smallest absolute Gasteiger partial charge is 0.305 e. The molecule has 1 aromatic carbocycles. The van der Waals surface area contributed by atoms with Crippen molar-refractivity contribution in [1.29, 1.82) is 0 Å². The Morgan fingerprint density at radius 3 is 2.35 bits per heavy atom. The standard InChI is InChI=1S/C13H13FN2O4/c14-9-3-1-2-4-10(9)15-7-11(17)16(12(18)8-15)6-5-13(19)20/h1-4H,5-8H2,(H,19,20). The number of piperazine rings is 1. The van der Waals surface area contributed by atoms with Gasteiger partial charge in [-0.1, -0.05) is 12.1 Å². The highest BCUT2D eigenvalue weighted by Crippen LogP contribution is 2.21. The van der Waals surface area contributed by atoms with Gasteiger partial charge in [0.1, 0.15) is 5.82 Å². The summed E-state index contributed by atoms with van der Waals surface area (Å²) < 4.78 is 13.6. The number of carbonyl (C=O) groups is 3. The van der Waals surface area contributed by atoms with Crippen molar-refractivity contribution in [1.82, 2.24) is 4.90 Å². The fraction of sp³-hybridized carbons (Fsp3) is 0.308. The van der Waals surface area contributed by atoms with Crippen molar-refractivity contribution < 1.29 is 23.9 Å². The predicted molar refractivity (Wildman–Crippen MR) is 67.6 cm³/mol. The quantitative estimate of drug-likeness (QED) is 0.811. The number of amides is 2. The van der Waals surface area contributed by atoms with Crippen molar-refractivity contribution in [3.05, 3.63) is 30.1 Å². The zero-order chi connectivity index (χ0) is 14.7. The number of halogens is 1.